The van der Waals surface area contributed by atoms with Crippen LogP contribution in [0.15, 0.2) is 55.2 Å². The molecule has 2 N–H and O–H groups in total. The molecule has 1 aromatic carbocycles. The Morgan fingerprint density at radius 1 is 1.12 bits per heavy atom. The largest absolute Gasteiger partial charge is 0.446 e. The van der Waals surface area contributed by atoms with E-state index in [0.717, 1.165) is 53.6 Å². The summed E-state index contributed by atoms with van der Waals surface area (Å²) in [6.45, 7) is 1.97. The minimum absolute atomic E-state index is 0.0230. The fourth-order valence-electron chi connectivity index (χ4n) is 4.33. The fraction of sp³-hybridized carbons (Fsp3) is 0.280. The van der Waals surface area contributed by atoms with Crippen LogP contribution in [0.4, 0.5) is 10.6 Å². The molecule has 1 aliphatic rings. The van der Waals surface area contributed by atoms with Gasteiger partial charge < -0.3 is 9.30 Å². The van der Waals surface area contributed by atoms with Crippen molar-refractivity contribution in [2.75, 3.05) is 5.32 Å². The first-order valence-electron chi connectivity index (χ1n) is 11.4. The Hall–Kier alpha value is -3.65. The summed E-state index contributed by atoms with van der Waals surface area (Å²) in [4.78, 5) is 21.1. The van der Waals surface area contributed by atoms with Crippen molar-refractivity contribution in [1.82, 2.24) is 24.7 Å². The number of nitrogens with zero attached hydrogens (tertiary/aromatic N) is 4. The molecule has 5 rings (SSSR count). The van der Waals surface area contributed by atoms with Crippen LogP contribution in [-0.2, 0) is 4.74 Å². The van der Waals surface area contributed by atoms with Crippen LogP contribution in [0, 0.1) is 6.92 Å². The molecule has 1 fully saturated rings. The van der Waals surface area contributed by atoms with Gasteiger partial charge in [-0.2, -0.15) is 5.10 Å². The molecule has 0 spiro atoms. The lowest BCUT2D eigenvalue weighted by atomic mass is 9.98. The zero-order valence-corrected chi connectivity index (χ0v) is 19.5. The van der Waals surface area contributed by atoms with Crippen LogP contribution in [0.25, 0.3) is 28.2 Å². The van der Waals surface area contributed by atoms with Gasteiger partial charge in [0.25, 0.3) is 0 Å². The lowest BCUT2D eigenvalue weighted by Gasteiger charge is -2.21. The molecule has 34 heavy (non-hydrogen) atoms. The number of H-pyrrole nitrogens is 1. The van der Waals surface area contributed by atoms with Crippen LogP contribution in [0.3, 0.4) is 0 Å². The third-order valence-corrected chi connectivity index (χ3v) is 6.39. The van der Waals surface area contributed by atoms with Crippen molar-refractivity contribution in [3.05, 3.63) is 65.8 Å². The summed E-state index contributed by atoms with van der Waals surface area (Å²) >= 11 is 6.51. The predicted octanol–water partition coefficient (Wildman–Crippen LogP) is 6.17. The Balaban J connectivity index is 1.47. The third kappa shape index (κ3) is 4.68. The summed E-state index contributed by atoms with van der Waals surface area (Å²) in [5.41, 5.74) is 4.40. The van der Waals surface area contributed by atoms with Crippen LogP contribution < -0.4 is 5.32 Å². The number of aryl methyl sites for hydroxylation is 1. The Labute approximate surface area is 202 Å². The Morgan fingerprint density at radius 3 is 2.68 bits per heavy atom. The molecule has 0 unspecified atom stereocenters. The summed E-state index contributed by atoms with van der Waals surface area (Å²) in [7, 11) is 0. The summed E-state index contributed by atoms with van der Waals surface area (Å²) in [6.07, 6.45) is 11.9. The number of carbonyl (C=O) groups excluding carboxylic acids is 1. The van der Waals surface area contributed by atoms with Crippen molar-refractivity contribution < 1.29 is 9.53 Å². The number of aromatic nitrogens is 5. The molecule has 1 amide bonds. The monoisotopic (exact) mass is 476 g/mol. The summed E-state index contributed by atoms with van der Waals surface area (Å²) in [5, 5.41) is 10.5. The Morgan fingerprint density at radius 2 is 1.91 bits per heavy atom. The lowest BCUT2D eigenvalue weighted by molar-refractivity contribution is 0.0864. The first-order chi connectivity index (χ1) is 16.6. The number of nitrogens with one attached hydrogen (secondary N) is 2. The molecule has 174 valence electrons. The number of benzene rings is 1. The van der Waals surface area contributed by atoms with E-state index in [1.54, 1.807) is 12.5 Å². The fourth-order valence-corrected chi connectivity index (χ4v) is 4.57. The normalized spacial score (nSPS) is 14.2. The van der Waals surface area contributed by atoms with Gasteiger partial charge in [-0.3, -0.25) is 10.4 Å². The van der Waals surface area contributed by atoms with Gasteiger partial charge in [-0.25, -0.2) is 14.8 Å². The van der Waals surface area contributed by atoms with E-state index in [-0.39, 0.29) is 6.10 Å². The zero-order chi connectivity index (χ0) is 23.5. The number of pyridine rings is 1. The number of amides is 1. The topological polar surface area (TPSA) is 97.7 Å². The number of carbonyl (C=O) groups is 1. The van der Waals surface area contributed by atoms with Crippen LogP contribution in [-0.4, -0.2) is 36.9 Å². The smallest absolute Gasteiger partial charge is 0.413 e. The van der Waals surface area contributed by atoms with Crippen molar-refractivity contribution in [2.45, 2.75) is 45.1 Å². The van der Waals surface area contributed by atoms with Gasteiger partial charge in [-0.15, -0.1) is 0 Å². The second-order valence-electron chi connectivity index (χ2n) is 8.44. The number of halogens is 1. The maximum atomic E-state index is 12.4. The Bertz CT molecular complexity index is 1290. The molecule has 4 aromatic rings. The highest BCUT2D eigenvalue weighted by Crippen LogP contribution is 2.36. The summed E-state index contributed by atoms with van der Waals surface area (Å²) in [6, 6.07) is 9.49. The molecule has 1 aliphatic carbocycles. The summed E-state index contributed by atoms with van der Waals surface area (Å²) < 4.78 is 7.55. The molecule has 0 aliphatic heterocycles. The third-order valence-electron chi connectivity index (χ3n) is 6.06. The van der Waals surface area contributed by atoms with Gasteiger partial charge in [-0.1, -0.05) is 36.2 Å². The molecule has 3 aromatic heterocycles. The number of rotatable bonds is 5. The van der Waals surface area contributed by atoms with Gasteiger partial charge in [0, 0.05) is 46.4 Å². The van der Waals surface area contributed by atoms with E-state index in [1.807, 2.05) is 54.2 Å². The SMILES string of the molecule is Cc1cnc(NC(=O)OC2CCCCC2)cc1-n1cc(-c2nc[nH]n2)c(-c2ccccc2Cl)c1. The highest BCUT2D eigenvalue weighted by Gasteiger charge is 2.20. The maximum absolute atomic E-state index is 12.4. The molecule has 0 saturated heterocycles. The average Bonchev–Trinajstić information content (AvgIpc) is 3.51. The van der Waals surface area contributed by atoms with E-state index in [4.69, 9.17) is 16.3 Å². The predicted molar refractivity (Wildman–Crippen MR) is 131 cm³/mol. The van der Waals surface area contributed by atoms with Gasteiger partial charge in [0.05, 0.1) is 5.69 Å². The number of aromatic amines is 1. The Kier molecular flexibility index (Phi) is 6.31. The summed E-state index contributed by atoms with van der Waals surface area (Å²) in [5.74, 6) is 0.989. The second kappa shape index (κ2) is 9.69. The first-order valence-corrected chi connectivity index (χ1v) is 11.7. The zero-order valence-electron chi connectivity index (χ0n) is 18.8. The number of anilines is 1. The quantitative estimate of drug-likeness (QED) is 0.359. The average molecular weight is 477 g/mol. The number of hydrogen-bond acceptors (Lipinski definition) is 5. The molecule has 9 heteroatoms. The van der Waals surface area contributed by atoms with Crippen LogP contribution >= 0.6 is 11.6 Å². The highest BCUT2D eigenvalue weighted by molar-refractivity contribution is 6.33. The van der Waals surface area contributed by atoms with Crippen LogP contribution in [0.1, 0.15) is 37.7 Å². The highest BCUT2D eigenvalue weighted by atomic mass is 35.5. The molecule has 0 bridgehead atoms. The van der Waals surface area contributed by atoms with Crippen molar-refractivity contribution in [3.8, 4) is 28.2 Å². The lowest BCUT2D eigenvalue weighted by Crippen LogP contribution is -2.24. The molecule has 0 radical (unpaired) electrons. The van der Waals surface area contributed by atoms with Gasteiger partial charge in [-0.05, 0) is 44.2 Å². The minimum Gasteiger partial charge on any atom is -0.446 e. The molecule has 8 nitrogen and oxygen atoms in total. The van der Waals surface area contributed by atoms with E-state index in [9.17, 15) is 4.79 Å². The number of hydrogen-bond donors (Lipinski definition) is 2. The van der Waals surface area contributed by atoms with Crippen LogP contribution in [0.5, 0.6) is 0 Å². The standard InChI is InChI=1S/C25H25ClN6O2/c1-16-12-27-23(30-25(33)34-17-7-3-2-4-8-17)11-22(16)32-13-19(18-9-5-6-10-21(18)26)20(14-32)24-28-15-29-31-24/h5-6,9-15,17H,2-4,7-8H2,1H3,(H,27,30,33)(H,28,29,31). The molecular formula is C25H25ClN6O2. The van der Waals surface area contributed by atoms with Crippen molar-refractivity contribution in [2.24, 2.45) is 0 Å². The number of ether oxygens (including phenoxy) is 1. The van der Waals surface area contributed by atoms with E-state index in [2.05, 4.69) is 25.5 Å². The molecular weight excluding hydrogens is 452 g/mol. The first kappa shape index (κ1) is 22.2. The van der Waals surface area contributed by atoms with Gasteiger partial charge in [0.2, 0.25) is 0 Å². The van der Waals surface area contributed by atoms with E-state index in [0.29, 0.717) is 16.7 Å². The molecule has 0 atom stereocenters. The van der Waals surface area contributed by atoms with E-state index >= 15 is 0 Å². The maximum Gasteiger partial charge on any atom is 0.413 e. The van der Waals surface area contributed by atoms with Crippen molar-refractivity contribution in [1.29, 1.82) is 0 Å². The van der Waals surface area contributed by atoms with Crippen molar-refractivity contribution in [3.63, 3.8) is 0 Å². The minimum atomic E-state index is -0.472. The van der Waals surface area contributed by atoms with Gasteiger partial charge in [0.1, 0.15) is 18.2 Å². The van der Waals surface area contributed by atoms with E-state index in [1.165, 1.54) is 6.42 Å². The molecule has 1 saturated carbocycles. The second-order valence-corrected chi connectivity index (χ2v) is 8.85. The van der Waals surface area contributed by atoms with Crippen molar-refractivity contribution >= 4 is 23.5 Å². The van der Waals surface area contributed by atoms with Gasteiger partial charge >= 0.3 is 6.09 Å². The van der Waals surface area contributed by atoms with Crippen LogP contribution in [0.2, 0.25) is 5.02 Å². The molecule has 3 heterocycles. The van der Waals surface area contributed by atoms with E-state index < -0.39 is 6.09 Å². The van der Waals surface area contributed by atoms with Gasteiger partial charge in [0.15, 0.2) is 5.82 Å².